The molecule has 0 saturated heterocycles. The molecule has 2 nitrogen and oxygen atoms in total. The summed E-state index contributed by atoms with van der Waals surface area (Å²) in [7, 11) is 0. The van der Waals surface area contributed by atoms with Crippen LogP contribution in [-0.2, 0) is 0 Å². The molecule has 1 aromatic heterocycles. The molecular weight excluding hydrogens is 126 g/mol. The lowest BCUT2D eigenvalue weighted by atomic mass is 10.5. The largest absolute Gasteiger partial charge is 0.451 e. The zero-order valence-electron chi connectivity index (χ0n) is 6.51. The predicted octanol–water partition coefficient (Wildman–Crippen LogP) is 2.49. The number of aryl methyl sites for hydroxylation is 1. The molecule has 0 bridgehead atoms. The summed E-state index contributed by atoms with van der Waals surface area (Å²) in [5, 5.41) is 8.21. The molecule has 0 unspecified atom stereocenters. The molecule has 0 saturated carbocycles. The Kier molecular flexibility index (Phi) is 4.06. The highest BCUT2D eigenvalue weighted by molar-refractivity contribution is 5.18. The first-order chi connectivity index (χ1) is 4.83. The van der Waals surface area contributed by atoms with Crippen molar-refractivity contribution < 1.29 is 4.42 Å². The van der Waals surface area contributed by atoms with Crippen molar-refractivity contribution in [3.63, 3.8) is 0 Å². The standard InChI is InChI=1S/C6H5NO.C2H6/c1-5-2-3-6(4-7)8-5;1-2/h2-3H,1H3;1-2H3. The van der Waals surface area contributed by atoms with E-state index in [0.717, 1.165) is 5.76 Å². The van der Waals surface area contributed by atoms with Crippen LogP contribution in [0.1, 0.15) is 25.4 Å². The van der Waals surface area contributed by atoms with Gasteiger partial charge in [0, 0.05) is 0 Å². The van der Waals surface area contributed by atoms with E-state index in [2.05, 4.69) is 0 Å². The average Bonchev–Trinajstić information content (AvgIpc) is 2.40. The third kappa shape index (κ3) is 2.36. The maximum Gasteiger partial charge on any atom is 0.203 e. The molecule has 0 atom stereocenters. The van der Waals surface area contributed by atoms with Crippen molar-refractivity contribution in [2.75, 3.05) is 0 Å². The van der Waals surface area contributed by atoms with E-state index < -0.39 is 0 Å². The van der Waals surface area contributed by atoms with Crippen LogP contribution in [0.25, 0.3) is 0 Å². The lowest BCUT2D eigenvalue weighted by Gasteiger charge is -1.74. The monoisotopic (exact) mass is 137 g/mol. The van der Waals surface area contributed by atoms with E-state index in [-0.39, 0.29) is 0 Å². The van der Waals surface area contributed by atoms with Crippen LogP contribution < -0.4 is 0 Å². The van der Waals surface area contributed by atoms with Crippen LogP contribution in [0, 0.1) is 18.3 Å². The fourth-order valence-electron chi connectivity index (χ4n) is 0.495. The third-order valence-electron chi connectivity index (χ3n) is 0.851. The summed E-state index contributed by atoms with van der Waals surface area (Å²) in [4.78, 5) is 0. The van der Waals surface area contributed by atoms with Gasteiger partial charge in [-0.2, -0.15) is 5.26 Å². The van der Waals surface area contributed by atoms with E-state index in [9.17, 15) is 0 Å². The highest BCUT2D eigenvalue weighted by Gasteiger charge is 1.91. The summed E-state index contributed by atoms with van der Waals surface area (Å²) in [5.41, 5.74) is 0. The van der Waals surface area contributed by atoms with Gasteiger partial charge in [0.15, 0.2) is 0 Å². The Bertz CT molecular complexity index is 219. The van der Waals surface area contributed by atoms with Gasteiger partial charge in [0.1, 0.15) is 11.8 Å². The molecular formula is C8H11NO. The molecule has 0 amide bonds. The molecule has 2 heteroatoms. The van der Waals surface area contributed by atoms with Crippen LogP contribution in [0.4, 0.5) is 0 Å². The Balaban J connectivity index is 0.000000371. The zero-order chi connectivity index (χ0) is 7.98. The van der Waals surface area contributed by atoms with Crippen molar-refractivity contribution in [2.24, 2.45) is 0 Å². The van der Waals surface area contributed by atoms with Crippen molar-refractivity contribution in [1.29, 1.82) is 5.26 Å². The minimum absolute atomic E-state index is 0.377. The first kappa shape index (κ1) is 8.77. The van der Waals surface area contributed by atoms with E-state index in [0.29, 0.717) is 5.76 Å². The van der Waals surface area contributed by atoms with Gasteiger partial charge in [0.25, 0.3) is 0 Å². The van der Waals surface area contributed by atoms with Crippen molar-refractivity contribution in [1.82, 2.24) is 0 Å². The van der Waals surface area contributed by atoms with E-state index in [1.165, 1.54) is 0 Å². The molecule has 0 aromatic carbocycles. The maximum absolute atomic E-state index is 8.21. The molecule has 10 heavy (non-hydrogen) atoms. The molecule has 0 aliphatic carbocycles. The van der Waals surface area contributed by atoms with Crippen molar-refractivity contribution >= 4 is 0 Å². The van der Waals surface area contributed by atoms with Gasteiger partial charge in [-0.15, -0.1) is 0 Å². The Labute approximate surface area is 61.1 Å². The van der Waals surface area contributed by atoms with Gasteiger partial charge in [-0.25, -0.2) is 0 Å². The molecule has 1 rings (SSSR count). The molecule has 0 N–H and O–H groups in total. The Morgan fingerprint density at radius 3 is 2.20 bits per heavy atom. The summed E-state index contributed by atoms with van der Waals surface area (Å²) in [6, 6.07) is 5.29. The Morgan fingerprint density at radius 2 is 2.00 bits per heavy atom. The minimum Gasteiger partial charge on any atom is -0.451 e. The summed E-state index contributed by atoms with van der Waals surface area (Å²) >= 11 is 0. The van der Waals surface area contributed by atoms with E-state index >= 15 is 0 Å². The summed E-state index contributed by atoms with van der Waals surface area (Å²) in [5.74, 6) is 1.16. The van der Waals surface area contributed by atoms with Gasteiger partial charge in [-0.05, 0) is 19.1 Å². The second-order valence-corrected chi connectivity index (χ2v) is 1.52. The van der Waals surface area contributed by atoms with Gasteiger partial charge in [-0.3, -0.25) is 0 Å². The van der Waals surface area contributed by atoms with E-state index in [4.69, 9.17) is 9.68 Å². The first-order valence-corrected chi connectivity index (χ1v) is 3.29. The third-order valence-corrected chi connectivity index (χ3v) is 0.851. The van der Waals surface area contributed by atoms with Crippen molar-refractivity contribution in [3.05, 3.63) is 23.7 Å². The normalized spacial score (nSPS) is 7.40. The minimum atomic E-state index is 0.377. The summed E-state index contributed by atoms with van der Waals surface area (Å²) in [6.07, 6.45) is 0. The van der Waals surface area contributed by atoms with E-state index in [1.807, 2.05) is 19.9 Å². The van der Waals surface area contributed by atoms with Gasteiger partial charge in [0.05, 0.1) is 0 Å². The van der Waals surface area contributed by atoms with Gasteiger partial charge in [0.2, 0.25) is 5.76 Å². The molecule has 0 aliphatic rings. The van der Waals surface area contributed by atoms with Crippen LogP contribution in [0.15, 0.2) is 16.5 Å². The highest BCUT2D eigenvalue weighted by atomic mass is 16.3. The predicted molar refractivity (Wildman–Crippen MR) is 39.5 cm³/mol. The van der Waals surface area contributed by atoms with Gasteiger partial charge < -0.3 is 4.42 Å². The van der Waals surface area contributed by atoms with Crippen LogP contribution in [-0.4, -0.2) is 0 Å². The number of hydrogen-bond acceptors (Lipinski definition) is 2. The number of nitrogens with zero attached hydrogens (tertiary/aromatic N) is 1. The van der Waals surface area contributed by atoms with Crippen LogP contribution >= 0.6 is 0 Å². The summed E-state index contributed by atoms with van der Waals surface area (Å²) < 4.78 is 4.87. The Hall–Kier alpha value is -1.23. The second kappa shape index (κ2) is 4.63. The first-order valence-electron chi connectivity index (χ1n) is 3.29. The topological polar surface area (TPSA) is 36.9 Å². The van der Waals surface area contributed by atoms with E-state index in [1.54, 1.807) is 19.1 Å². The molecule has 0 radical (unpaired) electrons. The fourth-order valence-corrected chi connectivity index (χ4v) is 0.495. The van der Waals surface area contributed by atoms with Crippen LogP contribution in [0.5, 0.6) is 0 Å². The van der Waals surface area contributed by atoms with Crippen molar-refractivity contribution in [3.8, 4) is 6.07 Å². The van der Waals surface area contributed by atoms with Gasteiger partial charge in [-0.1, -0.05) is 13.8 Å². The average molecular weight is 137 g/mol. The van der Waals surface area contributed by atoms with Crippen LogP contribution in [0.2, 0.25) is 0 Å². The molecule has 0 fully saturated rings. The molecule has 1 heterocycles. The molecule has 0 aliphatic heterocycles. The van der Waals surface area contributed by atoms with Crippen LogP contribution in [0.3, 0.4) is 0 Å². The SMILES string of the molecule is CC.Cc1ccc(C#N)o1. The zero-order valence-corrected chi connectivity index (χ0v) is 6.51. The molecule has 54 valence electrons. The number of nitriles is 1. The number of rotatable bonds is 0. The van der Waals surface area contributed by atoms with Gasteiger partial charge >= 0.3 is 0 Å². The smallest absolute Gasteiger partial charge is 0.203 e. The Morgan fingerprint density at radius 1 is 1.40 bits per heavy atom. The number of hydrogen-bond donors (Lipinski definition) is 0. The van der Waals surface area contributed by atoms with Crippen molar-refractivity contribution in [2.45, 2.75) is 20.8 Å². The second-order valence-electron chi connectivity index (χ2n) is 1.52. The highest BCUT2D eigenvalue weighted by Crippen LogP contribution is 2.02. The molecule has 1 aromatic rings. The maximum atomic E-state index is 8.21. The fraction of sp³-hybridized carbons (Fsp3) is 0.375. The quantitative estimate of drug-likeness (QED) is 0.550. The molecule has 0 spiro atoms. The number of furan rings is 1. The lowest BCUT2D eigenvalue weighted by Crippen LogP contribution is -1.57. The summed E-state index contributed by atoms with van der Waals surface area (Å²) in [6.45, 7) is 5.81. The lowest BCUT2D eigenvalue weighted by molar-refractivity contribution is 0.521.